The van der Waals surface area contributed by atoms with Gasteiger partial charge in [0.1, 0.15) is 0 Å². The topological polar surface area (TPSA) is 24.5 Å². The first-order valence-electron chi connectivity index (χ1n) is 7.07. The van der Waals surface area contributed by atoms with Crippen LogP contribution >= 0.6 is 0 Å². The zero-order chi connectivity index (χ0) is 12.3. The number of methoxy groups -OCH3 is 1. The minimum absolute atomic E-state index is 0.391. The molecule has 100 valence electrons. The molecule has 0 spiro atoms. The molecule has 1 saturated carbocycles. The zero-order valence-corrected chi connectivity index (χ0v) is 11.7. The number of hydrogen-bond donors (Lipinski definition) is 1. The first kappa shape index (κ1) is 13.3. The average molecular weight is 240 g/mol. The number of ether oxygens (including phenoxy) is 1. The van der Waals surface area contributed by atoms with E-state index in [4.69, 9.17) is 4.74 Å². The van der Waals surface area contributed by atoms with Crippen LogP contribution in [-0.2, 0) is 4.74 Å². The highest BCUT2D eigenvalue weighted by Gasteiger charge is 2.28. The summed E-state index contributed by atoms with van der Waals surface area (Å²) in [5, 5.41) is 3.66. The summed E-state index contributed by atoms with van der Waals surface area (Å²) in [6.07, 6.45) is 5.66. The first-order valence-corrected chi connectivity index (χ1v) is 7.07. The van der Waals surface area contributed by atoms with Crippen molar-refractivity contribution in [3.8, 4) is 0 Å². The molecule has 1 aliphatic carbocycles. The van der Waals surface area contributed by atoms with E-state index < -0.39 is 0 Å². The van der Waals surface area contributed by atoms with Crippen molar-refractivity contribution in [3.05, 3.63) is 0 Å². The van der Waals surface area contributed by atoms with Crippen LogP contribution in [0, 0.1) is 5.41 Å². The lowest BCUT2D eigenvalue weighted by molar-refractivity contribution is 0.0300. The molecule has 3 heteroatoms. The van der Waals surface area contributed by atoms with Gasteiger partial charge in [-0.2, -0.15) is 0 Å². The summed E-state index contributed by atoms with van der Waals surface area (Å²) in [5.74, 6) is 0. The van der Waals surface area contributed by atoms with Gasteiger partial charge in [-0.15, -0.1) is 0 Å². The quantitative estimate of drug-likeness (QED) is 0.767. The van der Waals surface area contributed by atoms with Crippen molar-refractivity contribution in [2.45, 2.75) is 51.7 Å². The van der Waals surface area contributed by atoms with Crippen LogP contribution in [0.1, 0.15) is 39.5 Å². The molecule has 0 atom stereocenters. The van der Waals surface area contributed by atoms with Crippen LogP contribution in [0.15, 0.2) is 0 Å². The van der Waals surface area contributed by atoms with E-state index in [1.54, 1.807) is 0 Å². The molecule has 0 unspecified atom stereocenters. The molecule has 1 saturated heterocycles. The second-order valence-corrected chi connectivity index (χ2v) is 6.53. The smallest absolute Gasteiger partial charge is 0.0595 e. The van der Waals surface area contributed by atoms with Gasteiger partial charge in [0.15, 0.2) is 0 Å². The van der Waals surface area contributed by atoms with Gasteiger partial charge >= 0.3 is 0 Å². The van der Waals surface area contributed by atoms with Gasteiger partial charge in [-0.05, 0) is 31.1 Å². The highest BCUT2D eigenvalue weighted by Crippen LogP contribution is 2.24. The van der Waals surface area contributed by atoms with E-state index in [1.807, 2.05) is 7.11 Å². The maximum Gasteiger partial charge on any atom is 0.0595 e. The van der Waals surface area contributed by atoms with E-state index in [0.717, 1.165) is 12.6 Å². The molecule has 0 radical (unpaired) electrons. The highest BCUT2D eigenvalue weighted by molar-refractivity contribution is 4.86. The van der Waals surface area contributed by atoms with Crippen LogP contribution in [-0.4, -0.2) is 50.3 Å². The molecule has 17 heavy (non-hydrogen) atoms. The van der Waals surface area contributed by atoms with Crippen LogP contribution in [0.3, 0.4) is 0 Å². The van der Waals surface area contributed by atoms with E-state index in [1.165, 1.54) is 45.3 Å². The van der Waals surface area contributed by atoms with Crippen molar-refractivity contribution in [2.24, 2.45) is 5.41 Å². The van der Waals surface area contributed by atoms with Gasteiger partial charge in [0.2, 0.25) is 0 Å². The van der Waals surface area contributed by atoms with Gasteiger partial charge in [-0.3, -0.25) is 0 Å². The Bertz CT molecular complexity index is 230. The van der Waals surface area contributed by atoms with Crippen LogP contribution < -0.4 is 5.32 Å². The molecule has 2 aliphatic rings. The third kappa shape index (κ3) is 4.57. The molecular formula is C14H28N2O. The Morgan fingerprint density at radius 3 is 2.35 bits per heavy atom. The molecular weight excluding hydrogens is 212 g/mol. The van der Waals surface area contributed by atoms with Crippen molar-refractivity contribution in [1.82, 2.24) is 10.2 Å². The normalized spacial score (nSPS) is 24.2. The molecule has 1 aliphatic heterocycles. The summed E-state index contributed by atoms with van der Waals surface area (Å²) in [6.45, 7) is 9.53. The molecule has 3 nitrogen and oxygen atoms in total. The predicted octanol–water partition coefficient (Wildman–Crippen LogP) is 1.88. The van der Waals surface area contributed by atoms with Gasteiger partial charge in [-0.25, -0.2) is 0 Å². The fourth-order valence-electron chi connectivity index (χ4n) is 2.67. The largest absolute Gasteiger partial charge is 0.381 e. The number of likely N-dealkylation sites (tertiary alicyclic amines) is 1. The van der Waals surface area contributed by atoms with Gasteiger partial charge in [-0.1, -0.05) is 13.8 Å². The number of hydrogen-bond acceptors (Lipinski definition) is 3. The molecule has 0 bridgehead atoms. The van der Waals surface area contributed by atoms with Crippen LogP contribution in [0.2, 0.25) is 0 Å². The highest BCUT2D eigenvalue weighted by atomic mass is 16.5. The Morgan fingerprint density at radius 1 is 1.18 bits per heavy atom. The summed E-state index contributed by atoms with van der Waals surface area (Å²) in [6, 6.07) is 0.827. The van der Waals surface area contributed by atoms with E-state index in [9.17, 15) is 0 Å². The Morgan fingerprint density at radius 2 is 1.82 bits per heavy atom. The molecule has 0 aromatic heterocycles. The molecule has 0 aromatic rings. The Labute approximate surface area is 106 Å². The Kier molecular flexibility index (Phi) is 4.45. The monoisotopic (exact) mass is 240 g/mol. The lowest BCUT2D eigenvalue weighted by Crippen LogP contribution is -2.45. The molecule has 0 aromatic carbocycles. The zero-order valence-electron chi connectivity index (χ0n) is 11.7. The van der Waals surface area contributed by atoms with Crippen LogP contribution in [0.5, 0.6) is 0 Å². The Balaban J connectivity index is 1.67. The fraction of sp³-hybridized carbons (Fsp3) is 1.00. The number of rotatable bonds is 6. The van der Waals surface area contributed by atoms with Crippen molar-refractivity contribution < 1.29 is 4.74 Å². The van der Waals surface area contributed by atoms with Gasteiger partial charge < -0.3 is 15.0 Å². The number of piperidine rings is 1. The SMILES string of the molecule is COC1CCN(CC(C)(C)CNC2CC2)CC1. The Hall–Kier alpha value is -0.120. The summed E-state index contributed by atoms with van der Waals surface area (Å²) >= 11 is 0. The fourth-order valence-corrected chi connectivity index (χ4v) is 2.67. The molecule has 2 fully saturated rings. The number of nitrogens with zero attached hydrogens (tertiary/aromatic N) is 1. The lowest BCUT2D eigenvalue weighted by atomic mass is 9.91. The number of nitrogens with one attached hydrogen (secondary N) is 1. The maximum atomic E-state index is 5.42. The third-order valence-electron chi connectivity index (χ3n) is 3.97. The van der Waals surface area contributed by atoms with Gasteiger partial charge in [0, 0.05) is 39.3 Å². The summed E-state index contributed by atoms with van der Waals surface area (Å²) in [4.78, 5) is 2.60. The lowest BCUT2D eigenvalue weighted by Gasteiger charge is -2.37. The maximum absolute atomic E-state index is 5.42. The minimum Gasteiger partial charge on any atom is -0.381 e. The molecule has 2 rings (SSSR count). The van der Waals surface area contributed by atoms with Crippen molar-refractivity contribution in [3.63, 3.8) is 0 Å². The van der Waals surface area contributed by atoms with E-state index in [0.29, 0.717) is 11.5 Å². The molecule has 1 N–H and O–H groups in total. The van der Waals surface area contributed by atoms with E-state index in [-0.39, 0.29) is 0 Å². The van der Waals surface area contributed by atoms with E-state index >= 15 is 0 Å². The van der Waals surface area contributed by atoms with Crippen LogP contribution in [0.4, 0.5) is 0 Å². The summed E-state index contributed by atoms with van der Waals surface area (Å²) in [5.41, 5.74) is 0.391. The van der Waals surface area contributed by atoms with Crippen molar-refractivity contribution >= 4 is 0 Å². The predicted molar refractivity (Wildman–Crippen MR) is 71.3 cm³/mol. The summed E-state index contributed by atoms with van der Waals surface area (Å²) < 4.78 is 5.42. The van der Waals surface area contributed by atoms with Gasteiger partial charge in [0.25, 0.3) is 0 Å². The third-order valence-corrected chi connectivity index (χ3v) is 3.97. The second-order valence-electron chi connectivity index (χ2n) is 6.53. The van der Waals surface area contributed by atoms with Crippen LogP contribution in [0.25, 0.3) is 0 Å². The molecule has 0 amide bonds. The average Bonchev–Trinajstić information content (AvgIpc) is 3.11. The van der Waals surface area contributed by atoms with Crippen molar-refractivity contribution in [2.75, 3.05) is 33.3 Å². The minimum atomic E-state index is 0.391. The first-order chi connectivity index (χ1) is 8.09. The standard InChI is InChI=1S/C14H28N2O/c1-14(2,10-15-12-4-5-12)11-16-8-6-13(17-3)7-9-16/h12-13,15H,4-11H2,1-3H3. The van der Waals surface area contributed by atoms with Crippen molar-refractivity contribution in [1.29, 1.82) is 0 Å². The van der Waals surface area contributed by atoms with Gasteiger partial charge in [0.05, 0.1) is 6.10 Å². The molecule has 1 heterocycles. The summed E-state index contributed by atoms with van der Waals surface area (Å²) in [7, 11) is 1.84. The second kappa shape index (κ2) is 5.68. The van der Waals surface area contributed by atoms with E-state index in [2.05, 4.69) is 24.1 Å².